The van der Waals surface area contributed by atoms with Gasteiger partial charge in [-0.2, -0.15) is 0 Å². The summed E-state index contributed by atoms with van der Waals surface area (Å²) in [5.41, 5.74) is 9.74. The molecule has 0 saturated heterocycles. The SMILES string of the molecule is C=C(C)[C@@H](CC(=O)O)c1ccc(OCc2ccc(C(C)(C)C)c(-c3cc(OC)ccc3F)c2)cc1.C=C(C)[C@@H](CC(=O)OCC)c1ccc(OCc2ccc(C(C)(C)C)c(-c3cc(OC)ccc3F)c2)cc1. The molecule has 8 nitrogen and oxygen atoms in total. The Bertz CT molecular complexity index is 2830. The van der Waals surface area contributed by atoms with Gasteiger partial charge < -0.3 is 28.8 Å². The number of halogens is 2. The fraction of sp³-hybridized carbons (Fsp3) is 0.323. The number of allylic oxidation sites excluding steroid dienone is 2. The zero-order chi connectivity index (χ0) is 52.9. The van der Waals surface area contributed by atoms with Gasteiger partial charge in [0.15, 0.2) is 0 Å². The third-order valence-corrected chi connectivity index (χ3v) is 12.3. The molecule has 0 fully saturated rings. The molecule has 2 atom stereocenters. The zero-order valence-corrected chi connectivity index (χ0v) is 43.7. The van der Waals surface area contributed by atoms with Gasteiger partial charge >= 0.3 is 11.9 Å². The maximum Gasteiger partial charge on any atom is 0.306 e. The normalized spacial score (nSPS) is 12.1. The summed E-state index contributed by atoms with van der Waals surface area (Å²) in [7, 11) is 3.14. The molecule has 0 saturated carbocycles. The van der Waals surface area contributed by atoms with Crippen molar-refractivity contribution in [2.24, 2.45) is 0 Å². The Hall–Kier alpha value is -7.20. The minimum Gasteiger partial charge on any atom is -0.497 e. The van der Waals surface area contributed by atoms with Crippen molar-refractivity contribution >= 4 is 11.9 Å². The molecule has 0 aliphatic rings. The van der Waals surface area contributed by atoms with Crippen LogP contribution in [0.15, 0.2) is 146 Å². The fourth-order valence-corrected chi connectivity index (χ4v) is 8.43. The summed E-state index contributed by atoms with van der Waals surface area (Å²) in [6.45, 7) is 27.2. The Morgan fingerprint density at radius 3 is 1.25 bits per heavy atom. The van der Waals surface area contributed by atoms with Gasteiger partial charge in [-0.3, -0.25) is 9.59 Å². The smallest absolute Gasteiger partial charge is 0.306 e. The van der Waals surface area contributed by atoms with Crippen molar-refractivity contribution in [1.29, 1.82) is 0 Å². The lowest BCUT2D eigenvalue weighted by Gasteiger charge is -2.24. The van der Waals surface area contributed by atoms with Crippen molar-refractivity contribution in [2.45, 2.75) is 111 Å². The Kier molecular flexibility index (Phi) is 19.2. The number of carbonyl (C=O) groups is 2. The van der Waals surface area contributed by atoms with E-state index in [-0.39, 0.29) is 53.1 Å². The van der Waals surface area contributed by atoms with Crippen LogP contribution in [0, 0.1) is 11.6 Å². The molecule has 6 rings (SSSR count). The van der Waals surface area contributed by atoms with Crippen LogP contribution >= 0.6 is 0 Å². The van der Waals surface area contributed by atoms with E-state index in [0.717, 1.165) is 55.7 Å². The van der Waals surface area contributed by atoms with E-state index in [9.17, 15) is 23.5 Å². The number of rotatable bonds is 19. The number of hydrogen-bond donors (Lipinski definition) is 1. The topological polar surface area (TPSA) is 101 Å². The van der Waals surface area contributed by atoms with E-state index in [4.69, 9.17) is 23.7 Å². The van der Waals surface area contributed by atoms with Crippen molar-refractivity contribution in [1.82, 2.24) is 0 Å². The van der Waals surface area contributed by atoms with E-state index >= 15 is 0 Å². The van der Waals surface area contributed by atoms with Crippen LogP contribution in [0.4, 0.5) is 8.78 Å². The molecular formula is C62H70F2O8. The molecule has 380 valence electrons. The average molecular weight is 981 g/mol. The highest BCUT2D eigenvalue weighted by Crippen LogP contribution is 2.39. The van der Waals surface area contributed by atoms with Crippen LogP contribution in [-0.4, -0.2) is 37.9 Å². The third kappa shape index (κ3) is 15.2. The first-order chi connectivity index (χ1) is 34.0. The van der Waals surface area contributed by atoms with E-state index < -0.39 is 5.97 Å². The molecule has 72 heavy (non-hydrogen) atoms. The summed E-state index contributed by atoms with van der Waals surface area (Å²) in [5.74, 6) is 0.511. The molecule has 0 radical (unpaired) electrons. The molecule has 6 aromatic rings. The molecule has 0 heterocycles. The number of methoxy groups -OCH3 is 2. The fourth-order valence-electron chi connectivity index (χ4n) is 8.43. The third-order valence-electron chi connectivity index (χ3n) is 12.3. The van der Waals surface area contributed by atoms with E-state index in [2.05, 4.69) is 54.7 Å². The summed E-state index contributed by atoms with van der Waals surface area (Å²) >= 11 is 0. The van der Waals surface area contributed by atoms with Crippen molar-refractivity contribution in [3.63, 3.8) is 0 Å². The summed E-state index contributed by atoms with van der Waals surface area (Å²) in [4.78, 5) is 23.2. The zero-order valence-electron chi connectivity index (χ0n) is 43.7. The average Bonchev–Trinajstić information content (AvgIpc) is 3.33. The lowest BCUT2D eigenvalue weighted by atomic mass is 9.81. The first-order valence-corrected chi connectivity index (χ1v) is 24.1. The van der Waals surface area contributed by atoms with Gasteiger partial charge in [0.05, 0.1) is 33.7 Å². The lowest BCUT2D eigenvalue weighted by Crippen LogP contribution is -2.13. The molecule has 10 heteroatoms. The minimum atomic E-state index is -0.861. The predicted molar refractivity (Wildman–Crippen MR) is 284 cm³/mol. The maximum absolute atomic E-state index is 14.9. The molecule has 0 bridgehead atoms. The van der Waals surface area contributed by atoms with Crippen LogP contribution < -0.4 is 18.9 Å². The van der Waals surface area contributed by atoms with Crippen LogP contribution in [0.3, 0.4) is 0 Å². The quantitative estimate of drug-likeness (QED) is 0.0633. The number of esters is 1. The summed E-state index contributed by atoms with van der Waals surface area (Å²) < 4.78 is 57.6. The van der Waals surface area contributed by atoms with Crippen LogP contribution in [0.1, 0.15) is 120 Å². The van der Waals surface area contributed by atoms with Gasteiger partial charge in [-0.15, -0.1) is 0 Å². The van der Waals surface area contributed by atoms with Crippen LogP contribution in [-0.2, 0) is 38.4 Å². The van der Waals surface area contributed by atoms with Gasteiger partial charge in [0.2, 0.25) is 0 Å². The minimum absolute atomic E-state index is 0.000724. The number of carboxylic acid groups (broad SMARTS) is 1. The number of carbonyl (C=O) groups excluding carboxylic acids is 1. The Morgan fingerprint density at radius 1 is 0.542 bits per heavy atom. The molecule has 0 aliphatic carbocycles. The molecule has 0 aromatic heterocycles. The molecule has 1 N–H and O–H groups in total. The highest BCUT2D eigenvalue weighted by Gasteiger charge is 2.24. The van der Waals surface area contributed by atoms with E-state index in [0.29, 0.717) is 53.9 Å². The maximum atomic E-state index is 14.9. The van der Waals surface area contributed by atoms with Gasteiger partial charge in [0, 0.05) is 23.0 Å². The van der Waals surface area contributed by atoms with Crippen molar-refractivity contribution in [2.75, 3.05) is 20.8 Å². The molecular weight excluding hydrogens is 911 g/mol. The Balaban J connectivity index is 0.000000268. The summed E-state index contributed by atoms with van der Waals surface area (Å²) in [6.07, 6.45) is 0.256. The van der Waals surface area contributed by atoms with Gasteiger partial charge in [-0.25, -0.2) is 8.78 Å². The molecule has 0 amide bonds. The van der Waals surface area contributed by atoms with Gasteiger partial charge in [-0.05, 0) is 149 Å². The molecule has 0 spiro atoms. The van der Waals surface area contributed by atoms with Crippen LogP contribution in [0.5, 0.6) is 23.0 Å². The van der Waals surface area contributed by atoms with Crippen molar-refractivity contribution < 1.29 is 47.2 Å². The highest BCUT2D eigenvalue weighted by atomic mass is 19.1. The standard InChI is InChI=1S/C32H37FO4.C30H33FO4/c1-8-36-31(34)19-26(21(2)3)23-10-12-24(13-11-23)37-20-22-9-15-29(32(4,5)6)27(17-22)28-18-25(35-7)14-16-30(28)33;1-19(2)24(17-29(32)33)21-8-10-22(11-9-21)35-18-20-7-13-27(30(3,4)5)25(15-20)26-16-23(34-6)12-14-28(26)31/h9-18,26H,2,8,19-20H2,1,3-7H3;7-16,24H,1,17-18H2,2-6H3,(H,32,33)/t26-;24-/m11/s1. The largest absolute Gasteiger partial charge is 0.497 e. The van der Waals surface area contributed by atoms with E-state index in [1.807, 2.05) is 98.8 Å². The highest BCUT2D eigenvalue weighted by molar-refractivity contribution is 5.73. The number of ether oxygens (including phenoxy) is 5. The number of hydrogen-bond acceptors (Lipinski definition) is 7. The van der Waals surface area contributed by atoms with Crippen LogP contribution in [0.2, 0.25) is 0 Å². The predicted octanol–water partition coefficient (Wildman–Crippen LogP) is 15.5. The first-order valence-electron chi connectivity index (χ1n) is 24.1. The van der Waals surface area contributed by atoms with Crippen molar-refractivity contribution in [3.8, 4) is 45.3 Å². The second-order valence-electron chi connectivity index (χ2n) is 20.1. The monoisotopic (exact) mass is 981 g/mol. The second-order valence-corrected chi connectivity index (χ2v) is 20.1. The van der Waals surface area contributed by atoms with E-state index in [1.165, 1.54) is 12.1 Å². The van der Waals surface area contributed by atoms with Gasteiger partial charge in [0.1, 0.15) is 47.8 Å². The number of benzene rings is 6. The number of aliphatic carboxylic acids is 1. The lowest BCUT2D eigenvalue weighted by molar-refractivity contribution is -0.143. The Morgan fingerprint density at radius 2 is 0.917 bits per heavy atom. The van der Waals surface area contributed by atoms with Gasteiger partial charge in [-0.1, -0.05) is 114 Å². The van der Waals surface area contributed by atoms with Crippen LogP contribution in [0.25, 0.3) is 22.3 Å². The molecule has 6 aromatic carbocycles. The first kappa shape index (κ1) is 55.7. The second kappa shape index (κ2) is 24.8. The van der Waals surface area contributed by atoms with Gasteiger partial charge in [0.25, 0.3) is 0 Å². The summed E-state index contributed by atoms with van der Waals surface area (Å²) in [6, 6.07) is 36.7. The summed E-state index contributed by atoms with van der Waals surface area (Å²) in [5, 5.41) is 9.18. The number of carboxylic acids is 1. The molecule has 0 unspecified atom stereocenters. The molecule has 0 aliphatic heterocycles. The van der Waals surface area contributed by atoms with E-state index in [1.54, 1.807) is 45.4 Å². The Labute approximate surface area is 425 Å². The van der Waals surface area contributed by atoms with Crippen molar-refractivity contribution in [3.05, 3.63) is 191 Å².